The van der Waals surface area contributed by atoms with Crippen molar-refractivity contribution in [3.8, 4) is 0 Å². The van der Waals surface area contributed by atoms with Gasteiger partial charge in [-0.2, -0.15) is 0 Å². The van der Waals surface area contributed by atoms with Crippen molar-refractivity contribution >= 4 is 28.5 Å². The third kappa shape index (κ3) is 5.72. The van der Waals surface area contributed by atoms with E-state index in [2.05, 4.69) is 39.0 Å². The number of halogens is 2. The first-order valence-electron chi connectivity index (χ1n) is 12.0. The van der Waals surface area contributed by atoms with Crippen molar-refractivity contribution in [3.63, 3.8) is 0 Å². The molecule has 1 N–H and O–H groups in total. The molecular formula is C28H28ClFN4O. The maximum Gasteiger partial charge on any atom is 0.223 e. The van der Waals surface area contributed by atoms with E-state index in [-0.39, 0.29) is 17.6 Å². The molecule has 1 aromatic heterocycles. The monoisotopic (exact) mass is 490 g/mol. The summed E-state index contributed by atoms with van der Waals surface area (Å²) in [6, 6.07) is 22.5. The quantitative estimate of drug-likeness (QED) is 0.377. The van der Waals surface area contributed by atoms with E-state index in [0.717, 1.165) is 61.4 Å². The van der Waals surface area contributed by atoms with Gasteiger partial charge in [0, 0.05) is 24.0 Å². The molecule has 0 radical (unpaired) electrons. The lowest BCUT2D eigenvalue weighted by Gasteiger charge is -2.31. The molecule has 2 heterocycles. The van der Waals surface area contributed by atoms with Crippen LogP contribution in [0.5, 0.6) is 0 Å². The SMILES string of the molecule is O=C(NCc1ccc(F)cc1)C1CCN(Cc2nc3cc(Cl)ccc3n2Cc2ccccc2)CC1. The normalized spacial score (nSPS) is 14.9. The molecule has 7 heteroatoms. The fraction of sp³-hybridized carbons (Fsp3) is 0.286. The first-order valence-corrected chi connectivity index (χ1v) is 12.4. The highest BCUT2D eigenvalue weighted by atomic mass is 35.5. The van der Waals surface area contributed by atoms with Crippen LogP contribution in [0.15, 0.2) is 72.8 Å². The van der Waals surface area contributed by atoms with Crippen LogP contribution >= 0.6 is 11.6 Å². The molecule has 180 valence electrons. The second-order valence-corrected chi connectivity index (χ2v) is 9.56. The molecule has 5 rings (SSSR count). The third-order valence-electron chi connectivity index (χ3n) is 6.68. The number of nitrogens with zero attached hydrogens (tertiary/aromatic N) is 3. The van der Waals surface area contributed by atoms with Crippen LogP contribution in [0.3, 0.4) is 0 Å². The van der Waals surface area contributed by atoms with Gasteiger partial charge >= 0.3 is 0 Å². The van der Waals surface area contributed by atoms with Crippen LogP contribution in [-0.4, -0.2) is 33.4 Å². The van der Waals surface area contributed by atoms with Crippen molar-refractivity contribution in [1.82, 2.24) is 19.8 Å². The molecule has 1 saturated heterocycles. The van der Waals surface area contributed by atoms with Gasteiger partial charge in [-0.25, -0.2) is 9.37 Å². The smallest absolute Gasteiger partial charge is 0.223 e. The maximum atomic E-state index is 13.1. The van der Waals surface area contributed by atoms with Crippen LogP contribution in [-0.2, 0) is 24.4 Å². The molecule has 1 aliphatic heterocycles. The van der Waals surface area contributed by atoms with E-state index in [1.54, 1.807) is 12.1 Å². The van der Waals surface area contributed by atoms with Crippen molar-refractivity contribution in [2.45, 2.75) is 32.5 Å². The molecule has 5 nitrogen and oxygen atoms in total. The molecule has 3 aromatic carbocycles. The summed E-state index contributed by atoms with van der Waals surface area (Å²) in [5.74, 6) is 0.798. The Balaban J connectivity index is 1.22. The number of rotatable bonds is 7. The summed E-state index contributed by atoms with van der Waals surface area (Å²) in [6.45, 7) is 3.57. The summed E-state index contributed by atoms with van der Waals surface area (Å²) in [5, 5.41) is 3.68. The van der Waals surface area contributed by atoms with Gasteiger partial charge in [-0.15, -0.1) is 0 Å². The van der Waals surface area contributed by atoms with Crippen LogP contribution in [0.25, 0.3) is 11.0 Å². The topological polar surface area (TPSA) is 50.2 Å². The Bertz CT molecular complexity index is 1300. The number of imidazole rings is 1. The molecule has 0 atom stereocenters. The highest BCUT2D eigenvalue weighted by molar-refractivity contribution is 6.31. The summed E-state index contributed by atoms with van der Waals surface area (Å²) in [7, 11) is 0. The zero-order valence-electron chi connectivity index (χ0n) is 19.5. The first kappa shape index (κ1) is 23.5. The zero-order chi connectivity index (χ0) is 24.2. The van der Waals surface area contributed by atoms with E-state index >= 15 is 0 Å². The van der Waals surface area contributed by atoms with E-state index in [9.17, 15) is 9.18 Å². The van der Waals surface area contributed by atoms with E-state index in [1.807, 2.05) is 24.3 Å². The van der Waals surface area contributed by atoms with Crippen molar-refractivity contribution < 1.29 is 9.18 Å². The standard InChI is InChI=1S/C28H28ClFN4O/c29-23-8-11-26-25(16-23)32-27(34(26)18-21-4-2-1-3-5-21)19-33-14-12-22(13-15-33)28(35)31-17-20-6-9-24(30)10-7-20/h1-11,16,22H,12-15,17-19H2,(H,31,35). The number of hydrogen-bond acceptors (Lipinski definition) is 3. The number of likely N-dealkylation sites (tertiary alicyclic amines) is 1. The van der Waals surface area contributed by atoms with Gasteiger partial charge in [0.2, 0.25) is 5.91 Å². The highest BCUT2D eigenvalue weighted by Crippen LogP contribution is 2.25. The number of aromatic nitrogens is 2. The molecule has 0 unspecified atom stereocenters. The minimum absolute atomic E-state index is 0.00589. The molecular weight excluding hydrogens is 463 g/mol. The maximum absolute atomic E-state index is 13.1. The summed E-state index contributed by atoms with van der Waals surface area (Å²) in [4.78, 5) is 20.0. The van der Waals surface area contributed by atoms with E-state index in [1.165, 1.54) is 17.7 Å². The Hall–Kier alpha value is -3.22. The third-order valence-corrected chi connectivity index (χ3v) is 6.91. The van der Waals surface area contributed by atoms with E-state index in [0.29, 0.717) is 11.6 Å². The van der Waals surface area contributed by atoms with Crippen molar-refractivity contribution in [3.05, 3.63) is 101 Å². The molecule has 1 aliphatic rings. The number of piperidine rings is 1. The number of nitrogens with one attached hydrogen (secondary N) is 1. The van der Waals surface area contributed by atoms with Gasteiger partial charge in [0.05, 0.1) is 17.6 Å². The van der Waals surface area contributed by atoms with Gasteiger partial charge in [0.15, 0.2) is 0 Å². The van der Waals surface area contributed by atoms with Crippen LogP contribution < -0.4 is 5.32 Å². The van der Waals surface area contributed by atoms with Crippen LogP contribution in [0.4, 0.5) is 4.39 Å². The minimum atomic E-state index is -0.271. The number of amides is 1. The number of carbonyl (C=O) groups excluding carboxylic acids is 1. The van der Waals surface area contributed by atoms with Crippen molar-refractivity contribution in [2.75, 3.05) is 13.1 Å². The lowest BCUT2D eigenvalue weighted by atomic mass is 9.96. The Morgan fingerprint density at radius 2 is 1.71 bits per heavy atom. The Morgan fingerprint density at radius 3 is 2.46 bits per heavy atom. The largest absolute Gasteiger partial charge is 0.352 e. The average Bonchev–Trinajstić information content (AvgIpc) is 3.20. The molecule has 4 aromatic rings. The molecule has 0 spiro atoms. The number of benzene rings is 3. The zero-order valence-corrected chi connectivity index (χ0v) is 20.2. The van der Waals surface area contributed by atoms with Gasteiger partial charge in [-0.1, -0.05) is 54.1 Å². The number of fused-ring (bicyclic) bond motifs is 1. The van der Waals surface area contributed by atoms with Crippen LogP contribution in [0, 0.1) is 11.7 Å². The molecule has 1 fully saturated rings. The summed E-state index contributed by atoms with van der Waals surface area (Å²) >= 11 is 6.24. The van der Waals surface area contributed by atoms with Crippen LogP contribution in [0.2, 0.25) is 5.02 Å². The van der Waals surface area contributed by atoms with E-state index in [4.69, 9.17) is 16.6 Å². The minimum Gasteiger partial charge on any atom is -0.352 e. The van der Waals surface area contributed by atoms with Gasteiger partial charge in [0.25, 0.3) is 0 Å². The Kier molecular flexibility index (Phi) is 7.11. The van der Waals surface area contributed by atoms with E-state index < -0.39 is 0 Å². The second-order valence-electron chi connectivity index (χ2n) is 9.13. The molecule has 0 bridgehead atoms. The average molecular weight is 491 g/mol. The van der Waals surface area contributed by atoms with Crippen molar-refractivity contribution in [1.29, 1.82) is 0 Å². The van der Waals surface area contributed by atoms with Gasteiger partial charge in [-0.3, -0.25) is 9.69 Å². The molecule has 1 amide bonds. The predicted octanol–water partition coefficient (Wildman–Crippen LogP) is 5.41. The van der Waals surface area contributed by atoms with Gasteiger partial charge < -0.3 is 9.88 Å². The summed E-state index contributed by atoms with van der Waals surface area (Å²) in [5.41, 5.74) is 4.09. The highest BCUT2D eigenvalue weighted by Gasteiger charge is 2.26. The van der Waals surface area contributed by atoms with Crippen molar-refractivity contribution in [2.24, 2.45) is 5.92 Å². The molecule has 35 heavy (non-hydrogen) atoms. The lowest BCUT2D eigenvalue weighted by Crippen LogP contribution is -2.40. The predicted molar refractivity (Wildman–Crippen MR) is 137 cm³/mol. The fourth-order valence-corrected chi connectivity index (χ4v) is 4.87. The van der Waals surface area contributed by atoms with Gasteiger partial charge in [-0.05, 0) is 67.4 Å². The Labute approximate surface area is 209 Å². The molecule has 0 aliphatic carbocycles. The summed E-state index contributed by atoms with van der Waals surface area (Å²) in [6.07, 6.45) is 1.61. The Morgan fingerprint density at radius 1 is 0.971 bits per heavy atom. The number of carbonyl (C=O) groups is 1. The summed E-state index contributed by atoms with van der Waals surface area (Å²) < 4.78 is 15.3. The first-order chi connectivity index (χ1) is 17.0. The fourth-order valence-electron chi connectivity index (χ4n) is 4.70. The lowest BCUT2D eigenvalue weighted by molar-refractivity contribution is -0.126. The van der Waals surface area contributed by atoms with Crippen LogP contribution in [0.1, 0.15) is 29.8 Å². The second kappa shape index (κ2) is 10.6. The number of hydrogen-bond donors (Lipinski definition) is 1. The molecule has 0 saturated carbocycles. The van der Waals surface area contributed by atoms with Gasteiger partial charge in [0.1, 0.15) is 11.6 Å².